The number of carbonyl (C=O) groups is 1. The van der Waals surface area contributed by atoms with Crippen molar-refractivity contribution in [1.29, 1.82) is 0 Å². The molecular formula is C25H28N2O5S. The van der Waals surface area contributed by atoms with Gasteiger partial charge in [0.1, 0.15) is 18.0 Å². The fraction of sp³-hybridized carbons (Fsp3) is 0.240. The van der Waals surface area contributed by atoms with E-state index < -0.39 is 22.5 Å². The molecule has 3 aromatic carbocycles. The van der Waals surface area contributed by atoms with Gasteiger partial charge in [0, 0.05) is 6.54 Å². The molecule has 3 rings (SSSR count). The highest BCUT2D eigenvalue weighted by Gasteiger charge is 2.29. The van der Waals surface area contributed by atoms with E-state index in [2.05, 4.69) is 5.32 Å². The van der Waals surface area contributed by atoms with Crippen LogP contribution < -0.4 is 19.1 Å². The molecule has 174 valence electrons. The highest BCUT2D eigenvalue weighted by Crippen LogP contribution is 2.32. The summed E-state index contributed by atoms with van der Waals surface area (Å²) in [6, 6.07) is 22.5. The summed E-state index contributed by atoms with van der Waals surface area (Å²) in [5.74, 6) is 0.541. The van der Waals surface area contributed by atoms with E-state index >= 15 is 0 Å². The normalized spacial score (nSPS) is 12.0. The minimum atomic E-state index is -4.06. The molecule has 1 N–H and O–H groups in total. The number of nitrogens with zero attached hydrogens (tertiary/aromatic N) is 1. The molecule has 0 saturated heterocycles. The van der Waals surface area contributed by atoms with Crippen molar-refractivity contribution in [3.8, 4) is 11.5 Å². The van der Waals surface area contributed by atoms with E-state index in [0.29, 0.717) is 18.0 Å². The van der Waals surface area contributed by atoms with Crippen molar-refractivity contribution >= 4 is 21.6 Å². The molecule has 0 aliphatic rings. The van der Waals surface area contributed by atoms with Crippen molar-refractivity contribution in [2.24, 2.45) is 0 Å². The van der Waals surface area contributed by atoms with Gasteiger partial charge >= 0.3 is 0 Å². The van der Waals surface area contributed by atoms with Crippen LogP contribution in [0, 0.1) is 0 Å². The van der Waals surface area contributed by atoms with Gasteiger partial charge in [-0.3, -0.25) is 9.10 Å². The number of rotatable bonds is 10. The maximum absolute atomic E-state index is 13.5. The fourth-order valence-corrected chi connectivity index (χ4v) is 4.79. The second-order valence-corrected chi connectivity index (χ2v) is 9.34. The van der Waals surface area contributed by atoms with E-state index in [1.165, 1.54) is 26.4 Å². The van der Waals surface area contributed by atoms with Gasteiger partial charge in [-0.05, 0) is 47.9 Å². The maximum Gasteiger partial charge on any atom is 0.264 e. The Morgan fingerprint density at radius 3 is 2.18 bits per heavy atom. The molecular weight excluding hydrogens is 440 g/mol. The van der Waals surface area contributed by atoms with Gasteiger partial charge in [0.25, 0.3) is 10.0 Å². The Labute approximate surface area is 195 Å². The Morgan fingerprint density at radius 2 is 1.55 bits per heavy atom. The van der Waals surface area contributed by atoms with Gasteiger partial charge in [0.15, 0.2) is 0 Å². The third-order valence-electron chi connectivity index (χ3n) is 5.26. The average molecular weight is 469 g/mol. The number of sulfonamides is 1. The van der Waals surface area contributed by atoms with Crippen LogP contribution in [0.25, 0.3) is 0 Å². The average Bonchev–Trinajstić information content (AvgIpc) is 2.86. The zero-order chi connectivity index (χ0) is 23.8. The van der Waals surface area contributed by atoms with Crippen LogP contribution in [0.4, 0.5) is 5.69 Å². The molecule has 0 unspecified atom stereocenters. The molecule has 1 atom stereocenters. The molecule has 0 aliphatic heterocycles. The number of methoxy groups -OCH3 is 2. The van der Waals surface area contributed by atoms with E-state index in [9.17, 15) is 13.2 Å². The van der Waals surface area contributed by atoms with Crippen LogP contribution in [-0.2, 0) is 14.8 Å². The summed E-state index contributed by atoms with van der Waals surface area (Å²) in [4.78, 5) is 12.9. The smallest absolute Gasteiger partial charge is 0.264 e. The molecule has 7 nitrogen and oxygen atoms in total. The Kier molecular flexibility index (Phi) is 7.95. The van der Waals surface area contributed by atoms with Gasteiger partial charge in [-0.1, -0.05) is 49.4 Å². The lowest BCUT2D eigenvalue weighted by atomic mass is 10.0. The molecule has 0 aliphatic carbocycles. The van der Waals surface area contributed by atoms with Crippen molar-refractivity contribution in [3.63, 3.8) is 0 Å². The fourth-order valence-electron chi connectivity index (χ4n) is 3.36. The predicted octanol–water partition coefficient (Wildman–Crippen LogP) is 3.82. The monoisotopic (exact) mass is 468 g/mol. The summed E-state index contributed by atoms with van der Waals surface area (Å²) in [5, 5.41) is 2.85. The van der Waals surface area contributed by atoms with E-state index in [0.717, 1.165) is 9.87 Å². The van der Waals surface area contributed by atoms with Crippen LogP contribution in [0.3, 0.4) is 0 Å². The number of anilines is 1. The van der Waals surface area contributed by atoms with Gasteiger partial charge in [-0.25, -0.2) is 8.42 Å². The minimum absolute atomic E-state index is 0.0414. The number of benzene rings is 3. The van der Waals surface area contributed by atoms with Gasteiger partial charge in [0.2, 0.25) is 5.91 Å². The van der Waals surface area contributed by atoms with Gasteiger partial charge in [-0.2, -0.15) is 0 Å². The number of amides is 1. The van der Waals surface area contributed by atoms with E-state index in [-0.39, 0.29) is 16.5 Å². The molecule has 0 saturated carbocycles. The number of nitrogens with one attached hydrogen (secondary N) is 1. The summed E-state index contributed by atoms with van der Waals surface area (Å²) >= 11 is 0. The third-order valence-corrected chi connectivity index (χ3v) is 7.04. The maximum atomic E-state index is 13.5. The van der Waals surface area contributed by atoms with Crippen molar-refractivity contribution in [2.45, 2.75) is 17.7 Å². The van der Waals surface area contributed by atoms with Gasteiger partial charge < -0.3 is 14.8 Å². The van der Waals surface area contributed by atoms with Crippen molar-refractivity contribution in [2.75, 3.05) is 31.6 Å². The predicted molar refractivity (Wildman–Crippen MR) is 128 cm³/mol. The first-order valence-corrected chi connectivity index (χ1v) is 11.9. The second kappa shape index (κ2) is 10.9. The molecule has 0 heterocycles. The number of ether oxygens (including phenoxy) is 2. The molecule has 33 heavy (non-hydrogen) atoms. The van der Waals surface area contributed by atoms with Crippen LogP contribution in [-0.4, -0.2) is 41.6 Å². The molecule has 0 aromatic heterocycles. The first-order chi connectivity index (χ1) is 15.9. The third kappa shape index (κ3) is 5.84. The highest BCUT2D eigenvalue weighted by molar-refractivity contribution is 7.92. The molecule has 3 aromatic rings. The summed E-state index contributed by atoms with van der Waals surface area (Å²) in [6.45, 7) is 1.99. The molecule has 0 spiro atoms. The van der Waals surface area contributed by atoms with E-state index in [1.54, 1.807) is 36.4 Å². The summed E-state index contributed by atoms with van der Waals surface area (Å²) in [7, 11) is -1.10. The van der Waals surface area contributed by atoms with Crippen molar-refractivity contribution in [1.82, 2.24) is 5.32 Å². The summed E-state index contributed by atoms with van der Waals surface area (Å²) < 4.78 is 38.7. The Hall–Kier alpha value is -3.52. The topological polar surface area (TPSA) is 84.9 Å². The molecule has 0 radical (unpaired) electrons. The number of para-hydroxylation sites is 2. The van der Waals surface area contributed by atoms with E-state index in [1.807, 2.05) is 37.3 Å². The molecule has 8 heteroatoms. The lowest BCUT2D eigenvalue weighted by Crippen LogP contribution is -2.42. The quantitative estimate of drug-likeness (QED) is 0.489. The van der Waals surface area contributed by atoms with Gasteiger partial charge in [-0.15, -0.1) is 0 Å². The standard InChI is InChI=1S/C25H28N2O5S/c1-19(20-9-5-4-6-10-20)17-26-25(28)18-27(23-11-7-8-12-24(23)32-3)33(29,30)22-15-13-21(31-2)14-16-22/h4-16,19H,17-18H2,1-3H3,(H,26,28)/t19-/m1/s1. The zero-order valence-electron chi connectivity index (χ0n) is 18.9. The number of hydrogen-bond donors (Lipinski definition) is 1. The van der Waals surface area contributed by atoms with Crippen molar-refractivity contribution < 1.29 is 22.7 Å². The number of carbonyl (C=O) groups excluding carboxylic acids is 1. The lowest BCUT2D eigenvalue weighted by molar-refractivity contribution is -0.119. The van der Waals surface area contributed by atoms with E-state index in [4.69, 9.17) is 9.47 Å². The van der Waals surface area contributed by atoms with Gasteiger partial charge in [0.05, 0.1) is 24.8 Å². The lowest BCUT2D eigenvalue weighted by Gasteiger charge is -2.26. The molecule has 0 bridgehead atoms. The summed E-state index contributed by atoms with van der Waals surface area (Å²) in [6.07, 6.45) is 0. The highest BCUT2D eigenvalue weighted by atomic mass is 32.2. The van der Waals surface area contributed by atoms with Crippen LogP contribution >= 0.6 is 0 Å². The van der Waals surface area contributed by atoms with Crippen molar-refractivity contribution in [3.05, 3.63) is 84.4 Å². The number of hydrogen-bond acceptors (Lipinski definition) is 5. The van der Waals surface area contributed by atoms with Crippen LogP contribution in [0.15, 0.2) is 83.8 Å². The second-order valence-electron chi connectivity index (χ2n) is 7.47. The molecule has 1 amide bonds. The first-order valence-electron chi connectivity index (χ1n) is 10.5. The van der Waals surface area contributed by atoms with Crippen LogP contribution in [0.5, 0.6) is 11.5 Å². The molecule has 0 fully saturated rings. The van der Waals surface area contributed by atoms with Crippen LogP contribution in [0.1, 0.15) is 18.4 Å². The SMILES string of the molecule is COc1ccc(S(=O)(=O)N(CC(=O)NC[C@@H](C)c2ccccc2)c2ccccc2OC)cc1. The van der Waals surface area contributed by atoms with Crippen LogP contribution in [0.2, 0.25) is 0 Å². The largest absolute Gasteiger partial charge is 0.497 e. The summed E-state index contributed by atoms with van der Waals surface area (Å²) in [5.41, 5.74) is 1.37. The minimum Gasteiger partial charge on any atom is -0.497 e. The Bertz CT molecular complexity index is 1160. The Morgan fingerprint density at radius 1 is 0.909 bits per heavy atom. The zero-order valence-corrected chi connectivity index (χ0v) is 19.7. The first kappa shape index (κ1) is 24.1. The Balaban J connectivity index is 1.86.